The summed E-state index contributed by atoms with van der Waals surface area (Å²) in [7, 11) is 1.62. The molecule has 0 aliphatic heterocycles. The summed E-state index contributed by atoms with van der Waals surface area (Å²) < 4.78 is 10.3. The summed E-state index contributed by atoms with van der Waals surface area (Å²) in [6.07, 6.45) is 2.50. The summed E-state index contributed by atoms with van der Waals surface area (Å²) in [4.78, 5) is 11.9. The Kier molecular flexibility index (Phi) is 5.40. The zero-order chi connectivity index (χ0) is 15.1. The molecule has 0 aliphatic rings. The van der Waals surface area contributed by atoms with Crippen molar-refractivity contribution in [1.29, 1.82) is 0 Å². The molecule has 112 valence electrons. The van der Waals surface area contributed by atoms with Crippen LogP contribution in [-0.2, 0) is 11.2 Å². The molecule has 5 heteroatoms. The molecule has 2 N–H and O–H groups in total. The van der Waals surface area contributed by atoms with Gasteiger partial charge >= 0.3 is 0 Å². The fourth-order valence-electron chi connectivity index (χ4n) is 2.01. The molecule has 21 heavy (non-hydrogen) atoms. The van der Waals surface area contributed by atoms with Crippen LogP contribution in [0.3, 0.4) is 0 Å². The number of ether oxygens (including phenoxy) is 1. The third-order valence-electron chi connectivity index (χ3n) is 3.20. The molecule has 1 aromatic carbocycles. The maximum Gasteiger partial charge on any atom is 0.220 e. The van der Waals surface area contributed by atoms with Gasteiger partial charge in [0, 0.05) is 6.42 Å². The van der Waals surface area contributed by atoms with E-state index >= 15 is 0 Å². The lowest BCUT2D eigenvalue weighted by Gasteiger charge is -2.13. The zero-order valence-corrected chi connectivity index (χ0v) is 11.9. The lowest BCUT2D eigenvalue weighted by Crippen LogP contribution is -2.30. The van der Waals surface area contributed by atoms with Gasteiger partial charge in [0.15, 0.2) is 0 Å². The number of methoxy groups -OCH3 is 1. The quantitative estimate of drug-likeness (QED) is 0.818. The molecule has 0 saturated carbocycles. The van der Waals surface area contributed by atoms with Crippen LogP contribution in [0.15, 0.2) is 47.1 Å². The number of hydrogen-bond donors (Lipinski definition) is 2. The summed E-state index contributed by atoms with van der Waals surface area (Å²) in [5.74, 6) is 1.22. The highest BCUT2D eigenvalue weighted by atomic mass is 16.5. The second kappa shape index (κ2) is 7.50. The van der Waals surface area contributed by atoms with Crippen molar-refractivity contribution in [3.63, 3.8) is 0 Å². The molecule has 1 atom stereocenters. The minimum Gasteiger partial charge on any atom is -0.497 e. The molecular weight excluding hydrogens is 270 g/mol. The van der Waals surface area contributed by atoms with Gasteiger partial charge in [0.1, 0.15) is 17.6 Å². The van der Waals surface area contributed by atoms with Crippen molar-refractivity contribution in [2.45, 2.75) is 18.9 Å². The number of rotatable bonds is 7. The molecule has 0 aliphatic carbocycles. The second-order valence-electron chi connectivity index (χ2n) is 4.67. The van der Waals surface area contributed by atoms with Crippen LogP contribution in [0.1, 0.15) is 23.8 Å². The maximum absolute atomic E-state index is 11.9. The van der Waals surface area contributed by atoms with E-state index in [2.05, 4.69) is 5.32 Å². The van der Waals surface area contributed by atoms with Crippen LogP contribution >= 0.6 is 0 Å². The normalized spacial score (nSPS) is 11.9. The number of aliphatic hydroxyl groups excluding tert-OH is 1. The fourth-order valence-corrected chi connectivity index (χ4v) is 2.01. The van der Waals surface area contributed by atoms with Crippen LogP contribution in [0.4, 0.5) is 0 Å². The number of aryl methyl sites for hydroxylation is 1. The van der Waals surface area contributed by atoms with Crippen molar-refractivity contribution in [3.05, 3.63) is 54.0 Å². The summed E-state index contributed by atoms with van der Waals surface area (Å²) in [6.45, 7) is -0.193. The maximum atomic E-state index is 11.9. The molecule has 1 amide bonds. The van der Waals surface area contributed by atoms with Gasteiger partial charge in [0.2, 0.25) is 5.91 Å². The van der Waals surface area contributed by atoms with Gasteiger partial charge in [-0.25, -0.2) is 0 Å². The van der Waals surface area contributed by atoms with Crippen molar-refractivity contribution in [2.24, 2.45) is 0 Å². The Labute approximate surface area is 123 Å². The molecule has 2 aromatic rings. The number of aliphatic hydroxyl groups is 1. The average molecular weight is 289 g/mol. The number of carbonyl (C=O) groups is 1. The first kappa shape index (κ1) is 15.1. The number of hydrogen-bond acceptors (Lipinski definition) is 4. The Bertz CT molecular complexity index is 548. The van der Waals surface area contributed by atoms with Crippen LogP contribution in [-0.4, -0.2) is 24.7 Å². The molecular formula is C16H19NO4. The molecule has 0 bridgehead atoms. The van der Waals surface area contributed by atoms with Gasteiger partial charge < -0.3 is 19.6 Å². The topological polar surface area (TPSA) is 71.7 Å². The van der Waals surface area contributed by atoms with Gasteiger partial charge in [-0.15, -0.1) is 0 Å². The standard InChI is InChI=1S/C16H19NO4/c1-20-13-7-4-12(5-8-13)6-9-16(19)17-14(11-18)15-3-2-10-21-15/h2-5,7-8,10,14,18H,6,9,11H2,1H3,(H,17,19). The third kappa shape index (κ3) is 4.36. The van der Waals surface area contributed by atoms with E-state index < -0.39 is 6.04 Å². The van der Waals surface area contributed by atoms with E-state index in [1.165, 1.54) is 6.26 Å². The fraction of sp³-hybridized carbons (Fsp3) is 0.312. The SMILES string of the molecule is COc1ccc(CCC(=O)NC(CO)c2ccco2)cc1. The molecule has 1 unspecified atom stereocenters. The molecule has 0 radical (unpaired) electrons. The lowest BCUT2D eigenvalue weighted by molar-refractivity contribution is -0.122. The van der Waals surface area contributed by atoms with Gasteiger partial charge in [-0.3, -0.25) is 4.79 Å². The molecule has 0 fully saturated rings. The Hall–Kier alpha value is -2.27. The predicted molar refractivity (Wildman–Crippen MR) is 78.0 cm³/mol. The largest absolute Gasteiger partial charge is 0.497 e. The number of benzene rings is 1. The summed E-state index contributed by atoms with van der Waals surface area (Å²) >= 11 is 0. The van der Waals surface area contributed by atoms with E-state index in [1.54, 1.807) is 19.2 Å². The number of amides is 1. The summed E-state index contributed by atoms with van der Waals surface area (Å²) in [5.41, 5.74) is 1.06. The molecule has 2 rings (SSSR count). The lowest BCUT2D eigenvalue weighted by atomic mass is 10.1. The number of carbonyl (C=O) groups excluding carboxylic acids is 1. The Balaban J connectivity index is 1.83. The molecule has 5 nitrogen and oxygen atoms in total. The molecule has 0 saturated heterocycles. The summed E-state index contributed by atoms with van der Waals surface area (Å²) in [5, 5.41) is 12.1. The second-order valence-corrected chi connectivity index (χ2v) is 4.67. The average Bonchev–Trinajstić information content (AvgIpc) is 3.05. The molecule has 1 heterocycles. The highest BCUT2D eigenvalue weighted by molar-refractivity contribution is 5.76. The van der Waals surface area contributed by atoms with Crippen molar-refractivity contribution < 1.29 is 19.1 Å². The first-order valence-corrected chi connectivity index (χ1v) is 6.79. The van der Waals surface area contributed by atoms with Crippen LogP contribution in [0.5, 0.6) is 5.75 Å². The van der Waals surface area contributed by atoms with E-state index in [1.807, 2.05) is 24.3 Å². The van der Waals surface area contributed by atoms with E-state index in [-0.39, 0.29) is 12.5 Å². The number of nitrogens with one attached hydrogen (secondary N) is 1. The summed E-state index contributed by atoms with van der Waals surface area (Å²) in [6, 6.07) is 10.6. The van der Waals surface area contributed by atoms with Crippen molar-refractivity contribution >= 4 is 5.91 Å². The van der Waals surface area contributed by atoms with Crippen LogP contribution in [0.25, 0.3) is 0 Å². The molecule has 1 aromatic heterocycles. The molecule has 0 spiro atoms. The van der Waals surface area contributed by atoms with Crippen molar-refractivity contribution in [3.8, 4) is 5.75 Å². The highest BCUT2D eigenvalue weighted by Crippen LogP contribution is 2.14. The highest BCUT2D eigenvalue weighted by Gasteiger charge is 2.15. The van der Waals surface area contributed by atoms with E-state index in [9.17, 15) is 9.90 Å². The van der Waals surface area contributed by atoms with Crippen LogP contribution in [0, 0.1) is 0 Å². The van der Waals surface area contributed by atoms with Gasteiger partial charge in [-0.05, 0) is 36.2 Å². The van der Waals surface area contributed by atoms with E-state index in [0.717, 1.165) is 11.3 Å². The van der Waals surface area contributed by atoms with Gasteiger partial charge in [-0.2, -0.15) is 0 Å². The third-order valence-corrected chi connectivity index (χ3v) is 3.20. The predicted octanol–water partition coefficient (Wildman–Crippen LogP) is 2.07. The van der Waals surface area contributed by atoms with Crippen LogP contribution in [0.2, 0.25) is 0 Å². The Morgan fingerprint density at radius 1 is 1.33 bits per heavy atom. The van der Waals surface area contributed by atoms with E-state index in [4.69, 9.17) is 9.15 Å². The van der Waals surface area contributed by atoms with Crippen molar-refractivity contribution in [2.75, 3.05) is 13.7 Å². The van der Waals surface area contributed by atoms with Gasteiger partial charge in [0.05, 0.1) is 20.0 Å². The first-order chi connectivity index (χ1) is 10.2. The first-order valence-electron chi connectivity index (χ1n) is 6.79. The Morgan fingerprint density at radius 2 is 2.10 bits per heavy atom. The smallest absolute Gasteiger partial charge is 0.220 e. The Morgan fingerprint density at radius 3 is 2.67 bits per heavy atom. The van der Waals surface area contributed by atoms with E-state index in [0.29, 0.717) is 18.6 Å². The zero-order valence-electron chi connectivity index (χ0n) is 11.9. The monoisotopic (exact) mass is 289 g/mol. The minimum atomic E-state index is -0.497. The van der Waals surface area contributed by atoms with Gasteiger partial charge in [-0.1, -0.05) is 12.1 Å². The van der Waals surface area contributed by atoms with Crippen molar-refractivity contribution in [1.82, 2.24) is 5.32 Å². The number of furan rings is 1. The van der Waals surface area contributed by atoms with Crippen LogP contribution < -0.4 is 10.1 Å². The van der Waals surface area contributed by atoms with Gasteiger partial charge in [0.25, 0.3) is 0 Å². The minimum absolute atomic E-state index is 0.124.